The average molecular weight is 232 g/mol. The molecule has 0 bridgehead atoms. The third-order valence-corrected chi connectivity index (χ3v) is 2.96. The minimum absolute atomic E-state index is 0.487. The average Bonchev–Trinajstić information content (AvgIpc) is 2.31. The first-order valence-electron chi connectivity index (χ1n) is 5.40. The Labute approximate surface area is 101 Å². The largest absolute Gasteiger partial charge is 0.264 e. The zero-order valence-corrected chi connectivity index (χ0v) is 9.98. The molecule has 1 unspecified atom stereocenters. The third-order valence-electron chi connectivity index (χ3n) is 2.70. The standard InChI is InChI=1S/C14H14ClN/c1-11(9-12-3-2-8-16-10-12)13-4-6-14(15)7-5-13/h2-8,10-11H,9H2,1H3. The zero-order valence-electron chi connectivity index (χ0n) is 9.23. The van der Waals surface area contributed by atoms with Crippen LogP contribution in [0.3, 0.4) is 0 Å². The lowest BCUT2D eigenvalue weighted by atomic mass is 9.95. The van der Waals surface area contributed by atoms with Crippen LogP contribution in [0.15, 0.2) is 48.8 Å². The topological polar surface area (TPSA) is 12.9 Å². The Morgan fingerprint density at radius 3 is 2.56 bits per heavy atom. The second-order valence-corrected chi connectivity index (χ2v) is 4.45. The van der Waals surface area contributed by atoms with Crippen molar-refractivity contribution < 1.29 is 0 Å². The molecule has 1 aromatic heterocycles. The van der Waals surface area contributed by atoms with Gasteiger partial charge in [-0.3, -0.25) is 4.98 Å². The van der Waals surface area contributed by atoms with Crippen LogP contribution in [0.25, 0.3) is 0 Å². The van der Waals surface area contributed by atoms with Crippen LogP contribution in [0.5, 0.6) is 0 Å². The van der Waals surface area contributed by atoms with Crippen LogP contribution >= 0.6 is 11.6 Å². The van der Waals surface area contributed by atoms with E-state index in [2.05, 4.69) is 30.1 Å². The van der Waals surface area contributed by atoms with Crippen molar-refractivity contribution in [2.24, 2.45) is 0 Å². The lowest BCUT2D eigenvalue weighted by Gasteiger charge is -2.11. The van der Waals surface area contributed by atoms with E-state index in [1.165, 1.54) is 11.1 Å². The van der Waals surface area contributed by atoms with Crippen molar-refractivity contribution >= 4 is 11.6 Å². The molecule has 0 amide bonds. The van der Waals surface area contributed by atoms with Crippen molar-refractivity contribution in [1.82, 2.24) is 4.98 Å². The molecule has 82 valence electrons. The Balaban J connectivity index is 2.09. The Bertz CT molecular complexity index is 436. The van der Waals surface area contributed by atoms with Gasteiger partial charge in [-0.2, -0.15) is 0 Å². The van der Waals surface area contributed by atoms with Gasteiger partial charge in [0.1, 0.15) is 0 Å². The summed E-state index contributed by atoms with van der Waals surface area (Å²) in [6.07, 6.45) is 4.73. The van der Waals surface area contributed by atoms with Crippen LogP contribution in [0.2, 0.25) is 5.02 Å². The van der Waals surface area contributed by atoms with Crippen LogP contribution in [-0.2, 0) is 6.42 Å². The molecule has 0 N–H and O–H groups in total. The van der Waals surface area contributed by atoms with Crippen LogP contribution in [0.4, 0.5) is 0 Å². The smallest absolute Gasteiger partial charge is 0.0406 e. The highest BCUT2D eigenvalue weighted by molar-refractivity contribution is 6.30. The Hall–Kier alpha value is -1.34. The quantitative estimate of drug-likeness (QED) is 0.776. The molecule has 1 nitrogen and oxygen atoms in total. The number of pyridine rings is 1. The molecule has 2 rings (SSSR count). The summed E-state index contributed by atoms with van der Waals surface area (Å²) in [5.74, 6) is 0.487. The highest BCUT2D eigenvalue weighted by Crippen LogP contribution is 2.21. The van der Waals surface area contributed by atoms with Gasteiger partial charge in [-0.25, -0.2) is 0 Å². The van der Waals surface area contributed by atoms with Crippen molar-refractivity contribution in [1.29, 1.82) is 0 Å². The van der Waals surface area contributed by atoms with Crippen molar-refractivity contribution in [3.63, 3.8) is 0 Å². The molecule has 16 heavy (non-hydrogen) atoms. The summed E-state index contributed by atoms with van der Waals surface area (Å²) >= 11 is 5.87. The van der Waals surface area contributed by atoms with Gasteiger partial charge in [-0.15, -0.1) is 0 Å². The molecule has 0 aliphatic heterocycles. The van der Waals surface area contributed by atoms with E-state index in [9.17, 15) is 0 Å². The predicted octanol–water partition coefficient (Wildman–Crippen LogP) is 4.08. The molecule has 0 aliphatic rings. The third kappa shape index (κ3) is 2.83. The Morgan fingerprint density at radius 2 is 1.94 bits per heavy atom. The zero-order chi connectivity index (χ0) is 11.4. The molecule has 2 aromatic rings. The molecule has 0 fully saturated rings. The van der Waals surface area contributed by atoms with Gasteiger partial charge in [0.25, 0.3) is 0 Å². The fourth-order valence-corrected chi connectivity index (χ4v) is 1.91. The lowest BCUT2D eigenvalue weighted by molar-refractivity contribution is 0.756. The minimum atomic E-state index is 0.487. The number of hydrogen-bond acceptors (Lipinski definition) is 1. The molecule has 0 saturated heterocycles. The van der Waals surface area contributed by atoms with E-state index in [0.717, 1.165) is 11.4 Å². The fourth-order valence-electron chi connectivity index (χ4n) is 1.78. The normalized spacial score (nSPS) is 12.4. The maximum atomic E-state index is 5.87. The van der Waals surface area contributed by atoms with Gasteiger partial charge < -0.3 is 0 Å². The molecule has 0 spiro atoms. The van der Waals surface area contributed by atoms with E-state index >= 15 is 0 Å². The summed E-state index contributed by atoms with van der Waals surface area (Å²) in [6, 6.07) is 12.1. The van der Waals surface area contributed by atoms with Crippen LogP contribution in [-0.4, -0.2) is 4.98 Å². The maximum absolute atomic E-state index is 5.87. The molecule has 1 aromatic carbocycles. The van der Waals surface area contributed by atoms with E-state index in [0.29, 0.717) is 5.92 Å². The van der Waals surface area contributed by atoms with Crippen LogP contribution in [0, 0.1) is 0 Å². The SMILES string of the molecule is CC(Cc1cccnc1)c1ccc(Cl)cc1. The summed E-state index contributed by atoms with van der Waals surface area (Å²) < 4.78 is 0. The highest BCUT2D eigenvalue weighted by Gasteiger charge is 2.06. The fraction of sp³-hybridized carbons (Fsp3) is 0.214. The number of aromatic nitrogens is 1. The molecule has 2 heteroatoms. The van der Waals surface area contributed by atoms with Crippen molar-refractivity contribution in [3.05, 3.63) is 64.9 Å². The molecular weight excluding hydrogens is 218 g/mol. The number of benzene rings is 1. The summed E-state index contributed by atoms with van der Waals surface area (Å²) in [7, 11) is 0. The van der Waals surface area contributed by atoms with E-state index in [1.54, 1.807) is 6.20 Å². The maximum Gasteiger partial charge on any atom is 0.0406 e. The lowest BCUT2D eigenvalue weighted by Crippen LogP contribution is -1.98. The second kappa shape index (κ2) is 5.13. The van der Waals surface area contributed by atoms with Crippen LogP contribution < -0.4 is 0 Å². The van der Waals surface area contributed by atoms with Gasteiger partial charge in [-0.05, 0) is 41.7 Å². The molecule has 1 atom stereocenters. The first-order valence-corrected chi connectivity index (χ1v) is 5.78. The van der Waals surface area contributed by atoms with Crippen molar-refractivity contribution in [2.45, 2.75) is 19.3 Å². The van der Waals surface area contributed by atoms with Gasteiger partial charge >= 0.3 is 0 Å². The van der Waals surface area contributed by atoms with E-state index in [1.807, 2.05) is 24.4 Å². The molecule has 0 radical (unpaired) electrons. The van der Waals surface area contributed by atoms with E-state index in [-0.39, 0.29) is 0 Å². The van der Waals surface area contributed by atoms with Gasteiger partial charge in [0.05, 0.1) is 0 Å². The Morgan fingerprint density at radius 1 is 1.19 bits per heavy atom. The monoisotopic (exact) mass is 231 g/mol. The number of halogens is 1. The second-order valence-electron chi connectivity index (χ2n) is 4.02. The summed E-state index contributed by atoms with van der Waals surface area (Å²) in [5, 5.41) is 0.789. The summed E-state index contributed by atoms with van der Waals surface area (Å²) in [5.41, 5.74) is 2.58. The summed E-state index contributed by atoms with van der Waals surface area (Å²) in [6.45, 7) is 2.22. The highest BCUT2D eigenvalue weighted by atomic mass is 35.5. The van der Waals surface area contributed by atoms with Crippen molar-refractivity contribution in [3.8, 4) is 0 Å². The van der Waals surface area contributed by atoms with E-state index in [4.69, 9.17) is 11.6 Å². The van der Waals surface area contributed by atoms with Gasteiger partial charge in [0.15, 0.2) is 0 Å². The number of hydrogen-bond donors (Lipinski definition) is 0. The van der Waals surface area contributed by atoms with E-state index < -0.39 is 0 Å². The molecule has 1 heterocycles. The summed E-state index contributed by atoms with van der Waals surface area (Å²) in [4.78, 5) is 4.12. The minimum Gasteiger partial charge on any atom is -0.264 e. The van der Waals surface area contributed by atoms with Crippen molar-refractivity contribution in [2.75, 3.05) is 0 Å². The molecule has 0 aliphatic carbocycles. The predicted molar refractivity (Wildman–Crippen MR) is 67.8 cm³/mol. The van der Waals surface area contributed by atoms with Gasteiger partial charge in [0.2, 0.25) is 0 Å². The molecular formula is C14H14ClN. The number of nitrogens with zero attached hydrogens (tertiary/aromatic N) is 1. The Kier molecular flexibility index (Phi) is 3.58. The van der Waals surface area contributed by atoms with Gasteiger partial charge in [-0.1, -0.05) is 36.7 Å². The number of rotatable bonds is 3. The van der Waals surface area contributed by atoms with Crippen LogP contribution in [0.1, 0.15) is 24.0 Å². The first kappa shape index (κ1) is 11.2. The molecule has 0 saturated carbocycles. The first-order chi connectivity index (χ1) is 7.75. The van der Waals surface area contributed by atoms with Gasteiger partial charge in [0, 0.05) is 17.4 Å².